The summed E-state index contributed by atoms with van der Waals surface area (Å²) in [6.07, 6.45) is 4.29. The maximum Gasteiger partial charge on any atom is 0.253 e. The van der Waals surface area contributed by atoms with Crippen molar-refractivity contribution in [1.29, 1.82) is 5.26 Å². The monoisotopic (exact) mass is 311 g/mol. The molecular weight excluding hydrogens is 290 g/mol. The summed E-state index contributed by atoms with van der Waals surface area (Å²) in [5, 5.41) is 11.6. The van der Waals surface area contributed by atoms with E-state index in [-0.39, 0.29) is 23.1 Å². The summed E-state index contributed by atoms with van der Waals surface area (Å²) in [7, 11) is 1.66. The first-order valence-corrected chi connectivity index (χ1v) is 8.11. The standard InChI is InChI=1S/C18H21N3O2/c1-20-16(22)15-11-21(12-18(15)8-2-3-9-18)17(23)14-6-4-13(10-19)5-7-14/h4-7,15H,2-3,8-9,11-12H2,1H3,(H,20,22). The quantitative estimate of drug-likeness (QED) is 0.907. The molecule has 5 nitrogen and oxygen atoms in total. The second-order valence-electron chi connectivity index (χ2n) is 6.61. The van der Waals surface area contributed by atoms with Crippen LogP contribution in [0.15, 0.2) is 24.3 Å². The third-order valence-corrected chi connectivity index (χ3v) is 5.36. The van der Waals surface area contributed by atoms with E-state index in [0.717, 1.165) is 25.7 Å². The molecule has 3 rings (SSSR count). The lowest BCUT2D eigenvalue weighted by Crippen LogP contribution is -2.38. The number of benzene rings is 1. The molecule has 2 amide bonds. The Balaban J connectivity index is 1.82. The number of amides is 2. The summed E-state index contributed by atoms with van der Waals surface area (Å²) >= 11 is 0. The minimum Gasteiger partial charge on any atom is -0.359 e. The lowest BCUT2D eigenvalue weighted by Gasteiger charge is -2.28. The highest BCUT2D eigenvalue weighted by Crippen LogP contribution is 2.49. The van der Waals surface area contributed by atoms with Crippen LogP contribution in [0.4, 0.5) is 0 Å². The van der Waals surface area contributed by atoms with Crippen molar-refractivity contribution in [2.24, 2.45) is 11.3 Å². The molecule has 2 fully saturated rings. The highest BCUT2D eigenvalue weighted by Gasteiger charge is 2.52. The zero-order valence-corrected chi connectivity index (χ0v) is 13.3. The summed E-state index contributed by atoms with van der Waals surface area (Å²) < 4.78 is 0. The minimum atomic E-state index is -0.114. The molecule has 2 aliphatic rings. The molecule has 1 N–H and O–H groups in total. The van der Waals surface area contributed by atoms with E-state index in [2.05, 4.69) is 11.4 Å². The molecular formula is C18H21N3O2. The Hall–Kier alpha value is -2.35. The average molecular weight is 311 g/mol. The largest absolute Gasteiger partial charge is 0.359 e. The number of carbonyl (C=O) groups excluding carboxylic acids is 2. The molecule has 1 saturated heterocycles. The van der Waals surface area contributed by atoms with Gasteiger partial charge in [-0.05, 0) is 37.1 Å². The molecule has 120 valence electrons. The van der Waals surface area contributed by atoms with Gasteiger partial charge in [-0.15, -0.1) is 0 Å². The molecule has 0 aromatic heterocycles. The lowest BCUT2D eigenvalue weighted by atomic mass is 9.76. The number of hydrogen-bond donors (Lipinski definition) is 1. The molecule has 23 heavy (non-hydrogen) atoms. The van der Waals surface area contributed by atoms with Gasteiger partial charge in [-0.2, -0.15) is 5.26 Å². The molecule has 1 aromatic carbocycles. The first kappa shape index (κ1) is 15.5. The minimum absolute atomic E-state index is 0.0435. The maximum absolute atomic E-state index is 12.8. The summed E-state index contributed by atoms with van der Waals surface area (Å²) in [5.74, 6) is -0.119. The predicted molar refractivity (Wildman–Crippen MR) is 85.5 cm³/mol. The van der Waals surface area contributed by atoms with Gasteiger partial charge in [0.15, 0.2) is 0 Å². The Labute approximate surface area is 136 Å². The normalized spacial score (nSPS) is 22.1. The van der Waals surface area contributed by atoms with Crippen LogP contribution in [0, 0.1) is 22.7 Å². The highest BCUT2D eigenvalue weighted by atomic mass is 16.2. The number of nitrogens with zero attached hydrogens (tertiary/aromatic N) is 2. The Morgan fingerprint density at radius 1 is 1.26 bits per heavy atom. The van der Waals surface area contributed by atoms with Crippen molar-refractivity contribution in [1.82, 2.24) is 10.2 Å². The fourth-order valence-electron chi connectivity index (χ4n) is 4.11. The van der Waals surface area contributed by atoms with Crippen LogP contribution in [0.25, 0.3) is 0 Å². The van der Waals surface area contributed by atoms with Crippen molar-refractivity contribution in [2.45, 2.75) is 25.7 Å². The lowest BCUT2D eigenvalue weighted by molar-refractivity contribution is -0.127. The first-order chi connectivity index (χ1) is 11.1. The molecule has 1 aliphatic carbocycles. The van der Waals surface area contributed by atoms with Gasteiger partial charge in [-0.25, -0.2) is 0 Å². The van der Waals surface area contributed by atoms with E-state index in [9.17, 15) is 9.59 Å². The molecule has 1 saturated carbocycles. The van der Waals surface area contributed by atoms with Gasteiger partial charge < -0.3 is 10.2 Å². The summed E-state index contributed by atoms with van der Waals surface area (Å²) in [4.78, 5) is 26.8. The van der Waals surface area contributed by atoms with Crippen LogP contribution in [0.2, 0.25) is 0 Å². The zero-order chi connectivity index (χ0) is 16.4. The van der Waals surface area contributed by atoms with Gasteiger partial charge in [0.05, 0.1) is 17.6 Å². The van der Waals surface area contributed by atoms with Crippen LogP contribution in [0.3, 0.4) is 0 Å². The van der Waals surface area contributed by atoms with Gasteiger partial charge in [0.2, 0.25) is 5.91 Å². The maximum atomic E-state index is 12.8. The van der Waals surface area contributed by atoms with Gasteiger partial charge >= 0.3 is 0 Å². The number of carbonyl (C=O) groups is 2. The summed E-state index contributed by atoms with van der Waals surface area (Å²) in [6.45, 7) is 1.14. The third kappa shape index (κ3) is 2.70. The van der Waals surface area contributed by atoms with Crippen LogP contribution in [-0.4, -0.2) is 36.9 Å². The van der Waals surface area contributed by atoms with Crippen LogP contribution in [0.1, 0.15) is 41.6 Å². The van der Waals surface area contributed by atoms with E-state index in [1.807, 2.05) is 4.90 Å². The van der Waals surface area contributed by atoms with Crippen LogP contribution >= 0.6 is 0 Å². The predicted octanol–water partition coefficient (Wildman–Crippen LogP) is 1.94. The van der Waals surface area contributed by atoms with Gasteiger partial charge in [0.1, 0.15) is 0 Å². The van der Waals surface area contributed by atoms with Gasteiger partial charge in [0, 0.05) is 31.1 Å². The SMILES string of the molecule is CNC(=O)C1CN(C(=O)c2ccc(C#N)cc2)CC12CCCC2. The second kappa shape index (κ2) is 6.04. The van der Waals surface area contributed by atoms with Crippen molar-refractivity contribution < 1.29 is 9.59 Å². The Morgan fingerprint density at radius 2 is 1.91 bits per heavy atom. The third-order valence-electron chi connectivity index (χ3n) is 5.36. The van der Waals surface area contributed by atoms with E-state index in [0.29, 0.717) is 24.2 Å². The van der Waals surface area contributed by atoms with E-state index in [1.54, 1.807) is 31.3 Å². The summed E-state index contributed by atoms with van der Waals surface area (Å²) in [6, 6.07) is 8.75. The number of likely N-dealkylation sites (tertiary alicyclic amines) is 1. The second-order valence-corrected chi connectivity index (χ2v) is 6.61. The number of nitriles is 1. The van der Waals surface area contributed by atoms with Gasteiger partial charge in [0.25, 0.3) is 5.91 Å². The van der Waals surface area contributed by atoms with E-state index in [1.165, 1.54) is 0 Å². The number of hydrogen-bond acceptors (Lipinski definition) is 3. The Morgan fingerprint density at radius 3 is 2.48 bits per heavy atom. The van der Waals surface area contributed by atoms with Crippen molar-refractivity contribution in [3.05, 3.63) is 35.4 Å². The fourth-order valence-corrected chi connectivity index (χ4v) is 4.11. The molecule has 0 radical (unpaired) electrons. The van der Waals surface area contributed by atoms with E-state index in [4.69, 9.17) is 5.26 Å². The van der Waals surface area contributed by atoms with Crippen LogP contribution in [-0.2, 0) is 4.79 Å². The smallest absolute Gasteiger partial charge is 0.253 e. The Kier molecular flexibility index (Phi) is 4.08. The zero-order valence-electron chi connectivity index (χ0n) is 13.3. The number of rotatable bonds is 2. The van der Waals surface area contributed by atoms with Crippen LogP contribution < -0.4 is 5.32 Å². The highest BCUT2D eigenvalue weighted by molar-refractivity contribution is 5.95. The van der Waals surface area contributed by atoms with Crippen molar-refractivity contribution >= 4 is 11.8 Å². The van der Waals surface area contributed by atoms with Gasteiger partial charge in [-0.3, -0.25) is 9.59 Å². The molecule has 1 aliphatic heterocycles. The van der Waals surface area contributed by atoms with Gasteiger partial charge in [-0.1, -0.05) is 12.8 Å². The van der Waals surface area contributed by atoms with Crippen molar-refractivity contribution in [3.8, 4) is 6.07 Å². The topological polar surface area (TPSA) is 73.2 Å². The first-order valence-electron chi connectivity index (χ1n) is 8.11. The number of nitrogens with one attached hydrogen (secondary N) is 1. The molecule has 1 atom stereocenters. The van der Waals surface area contributed by atoms with E-state index >= 15 is 0 Å². The Bertz CT molecular complexity index is 654. The van der Waals surface area contributed by atoms with Crippen molar-refractivity contribution in [2.75, 3.05) is 20.1 Å². The summed E-state index contributed by atoms with van der Waals surface area (Å²) in [5.41, 5.74) is 1.07. The molecule has 1 aromatic rings. The van der Waals surface area contributed by atoms with Crippen LogP contribution in [0.5, 0.6) is 0 Å². The molecule has 0 bridgehead atoms. The molecule has 1 unspecified atom stereocenters. The molecule has 1 spiro atoms. The van der Waals surface area contributed by atoms with E-state index < -0.39 is 0 Å². The molecule has 5 heteroatoms. The molecule has 1 heterocycles. The average Bonchev–Trinajstić information content (AvgIpc) is 3.21. The fraction of sp³-hybridized carbons (Fsp3) is 0.500. The van der Waals surface area contributed by atoms with Crippen molar-refractivity contribution in [3.63, 3.8) is 0 Å².